The third-order valence-electron chi connectivity index (χ3n) is 3.99. The van der Waals surface area contributed by atoms with E-state index in [1.165, 1.54) is 10.0 Å². The fourth-order valence-corrected chi connectivity index (χ4v) is 3.42. The molecule has 116 valence electrons. The van der Waals surface area contributed by atoms with E-state index >= 15 is 0 Å². The molecule has 0 radical (unpaired) electrons. The van der Waals surface area contributed by atoms with Crippen LogP contribution in [0.25, 0.3) is 0 Å². The van der Waals surface area contributed by atoms with Crippen molar-refractivity contribution in [1.82, 2.24) is 4.90 Å². The number of halogens is 3. The summed E-state index contributed by atoms with van der Waals surface area (Å²) < 4.78 is 1.18. The topological polar surface area (TPSA) is 6.48 Å². The molecular formula is C17H17BrCl2N2. The summed E-state index contributed by atoms with van der Waals surface area (Å²) in [5, 5.41) is 1.23. The van der Waals surface area contributed by atoms with Crippen LogP contribution < -0.4 is 4.90 Å². The predicted molar refractivity (Wildman–Crippen MR) is 98.1 cm³/mol. The SMILES string of the molecule is Clc1ccc(N2CCN(Cc3ccccc3Br)CC2)cc1Cl. The molecule has 0 saturated carbocycles. The van der Waals surface area contributed by atoms with Gasteiger partial charge in [0.05, 0.1) is 10.0 Å². The molecule has 0 amide bonds. The highest BCUT2D eigenvalue weighted by atomic mass is 79.9. The summed E-state index contributed by atoms with van der Waals surface area (Å²) in [5.41, 5.74) is 2.49. The van der Waals surface area contributed by atoms with E-state index in [9.17, 15) is 0 Å². The van der Waals surface area contributed by atoms with Crippen LogP contribution >= 0.6 is 39.1 Å². The van der Waals surface area contributed by atoms with Crippen LogP contribution in [0.1, 0.15) is 5.56 Å². The van der Waals surface area contributed by atoms with E-state index in [2.05, 4.69) is 50.0 Å². The molecule has 1 fully saturated rings. The lowest BCUT2D eigenvalue weighted by Gasteiger charge is -2.36. The molecule has 1 saturated heterocycles. The number of hydrogen-bond donors (Lipinski definition) is 0. The van der Waals surface area contributed by atoms with Crippen molar-refractivity contribution >= 4 is 44.8 Å². The molecule has 1 heterocycles. The van der Waals surface area contributed by atoms with Crippen LogP contribution in [-0.4, -0.2) is 31.1 Å². The lowest BCUT2D eigenvalue weighted by Crippen LogP contribution is -2.46. The second-order valence-corrected chi connectivity index (χ2v) is 7.12. The molecule has 0 aromatic heterocycles. The van der Waals surface area contributed by atoms with Crippen molar-refractivity contribution in [2.24, 2.45) is 0 Å². The number of benzene rings is 2. The smallest absolute Gasteiger partial charge is 0.0612 e. The van der Waals surface area contributed by atoms with Crippen LogP contribution in [0.4, 0.5) is 5.69 Å². The summed E-state index contributed by atoms with van der Waals surface area (Å²) in [6.07, 6.45) is 0. The first kappa shape index (κ1) is 16.1. The summed E-state index contributed by atoms with van der Waals surface area (Å²) in [5.74, 6) is 0. The average molecular weight is 400 g/mol. The maximum atomic E-state index is 6.11. The monoisotopic (exact) mass is 398 g/mol. The van der Waals surface area contributed by atoms with Gasteiger partial charge >= 0.3 is 0 Å². The highest BCUT2D eigenvalue weighted by molar-refractivity contribution is 9.10. The van der Waals surface area contributed by atoms with E-state index in [-0.39, 0.29) is 0 Å². The second kappa shape index (κ2) is 7.22. The van der Waals surface area contributed by atoms with Gasteiger partial charge < -0.3 is 4.90 Å². The van der Waals surface area contributed by atoms with E-state index in [1.807, 2.05) is 18.2 Å². The molecule has 0 aliphatic carbocycles. The van der Waals surface area contributed by atoms with Gasteiger partial charge in [-0.25, -0.2) is 0 Å². The van der Waals surface area contributed by atoms with E-state index in [4.69, 9.17) is 23.2 Å². The van der Waals surface area contributed by atoms with Crippen molar-refractivity contribution in [1.29, 1.82) is 0 Å². The highest BCUT2D eigenvalue weighted by Gasteiger charge is 2.18. The third kappa shape index (κ3) is 3.77. The second-order valence-electron chi connectivity index (χ2n) is 5.45. The molecule has 0 N–H and O–H groups in total. The van der Waals surface area contributed by atoms with Gasteiger partial charge in [0.25, 0.3) is 0 Å². The zero-order chi connectivity index (χ0) is 15.5. The Labute approximate surface area is 149 Å². The maximum Gasteiger partial charge on any atom is 0.0612 e. The van der Waals surface area contributed by atoms with Crippen LogP contribution in [0.2, 0.25) is 10.0 Å². The lowest BCUT2D eigenvalue weighted by molar-refractivity contribution is 0.249. The van der Waals surface area contributed by atoms with Gasteiger partial charge in [-0.2, -0.15) is 0 Å². The van der Waals surface area contributed by atoms with Crippen molar-refractivity contribution in [3.05, 3.63) is 62.5 Å². The molecule has 3 rings (SSSR count). The zero-order valence-corrected chi connectivity index (χ0v) is 15.2. The first-order chi connectivity index (χ1) is 10.6. The van der Waals surface area contributed by atoms with Gasteiger partial charge in [0.1, 0.15) is 0 Å². The van der Waals surface area contributed by atoms with Crippen LogP contribution in [0.5, 0.6) is 0 Å². The summed E-state index contributed by atoms with van der Waals surface area (Å²) in [4.78, 5) is 4.84. The van der Waals surface area contributed by atoms with Gasteiger partial charge in [-0.15, -0.1) is 0 Å². The Hall–Kier alpha value is -0.740. The van der Waals surface area contributed by atoms with Gasteiger partial charge in [0.15, 0.2) is 0 Å². The van der Waals surface area contributed by atoms with E-state index < -0.39 is 0 Å². The molecule has 5 heteroatoms. The van der Waals surface area contributed by atoms with Gasteiger partial charge in [-0.05, 0) is 29.8 Å². The van der Waals surface area contributed by atoms with E-state index in [0.717, 1.165) is 38.4 Å². The standard InChI is InChI=1S/C17H17BrCl2N2/c18-15-4-2-1-3-13(15)12-21-7-9-22(10-8-21)14-5-6-16(19)17(20)11-14/h1-6,11H,7-10,12H2. The number of piperazine rings is 1. The number of rotatable bonds is 3. The van der Waals surface area contributed by atoms with E-state index in [1.54, 1.807) is 0 Å². The van der Waals surface area contributed by atoms with Gasteiger partial charge in [-0.3, -0.25) is 4.90 Å². The van der Waals surface area contributed by atoms with Crippen LogP contribution in [-0.2, 0) is 6.54 Å². The molecule has 0 atom stereocenters. The minimum absolute atomic E-state index is 0.609. The Morgan fingerprint density at radius 1 is 0.909 bits per heavy atom. The van der Waals surface area contributed by atoms with Gasteiger partial charge in [-0.1, -0.05) is 57.3 Å². The van der Waals surface area contributed by atoms with Crippen LogP contribution in [0.3, 0.4) is 0 Å². The first-order valence-electron chi connectivity index (χ1n) is 7.29. The van der Waals surface area contributed by atoms with Crippen molar-refractivity contribution in [2.45, 2.75) is 6.54 Å². The van der Waals surface area contributed by atoms with Crippen LogP contribution in [0.15, 0.2) is 46.9 Å². The van der Waals surface area contributed by atoms with Crippen molar-refractivity contribution in [3.63, 3.8) is 0 Å². The largest absolute Gasteiger partial charge is 0.369 e. The molecule has 2 nitrogen and oxygen atoms in total. The molecule has 2 aromatic carbocycles. The van der Waals surface area contributed by atoms with Crippen LogP contribution in [0, 0.1) is 0 Å². The fraction of sp³-hybridized carbons (Fsp3) is 0.294. The fourth-order valence-electron chi connectivity index (χ4n) is 2.71. The Morgan fingerprint density at radius 3 is 2.32 bits per heavy atom. The summed E-state index contributed by atoms with van der Waals surface area (Å²) in [7, 11) is 0. The van der Waals surface area contributed by atoms with Crippen molar-refractivity contribution in [3.8, 4) is 0 Å². The normalized spacial score (nSPS) is 16.0. The lowest BCUT2D eigenvalue weighted by atomic mass is 10.2. The Morgan fingerprint density at radius 2 is 1.64 bits per heavy atom. The minimum Gasteiger partial charge on any atom is -0.369 e. The first-order valence-corrected chi connectivity index (χ1v) is 8.84. The predicted octanol–water partition coefficient (Wildman–Crippen LogP) is 5.08. The summed E-state index contributed by atoms with van der Waals surface area (Å²) >= 11 is 15.7. The molecular weight excluding hydrogens is 383 g/mol. The van der Waals surface area contributed by atoms with Gasteiger partial charge in [0.2, 0.25) is 0 Å². The Kier molecular flexibility index (Phi) is 5.29. The third-order valence-corrected chi connectivity index (χ3v) is 5.51. The number of anilines is 1. The molecule has 0 spiro atoms. The summed E-state index contributed by atoms with van der Waals surface area (Å²) in [6, 6.07) is 14.3. The minimum atomic E-state index is 0.609. The Balaban J connectivity index is 1.60. The van der Waals surface area contributed by atoms with Crippen molar-refractivity contribution in [2.75, 3.05) is 31.1 Å². The summed E-state index contributed by atoms with van der Waals surface area (Å²) in [6.45, 7) is 5.07. The maximum absolute atomic E-state index is 6.11. The highest BCUT2D eigenvalue weighted by Crippen LogP contribution is 2.28. The molecule has 2 aromatic rings. The number of hydrogen-bond acceptors (Lipinski definition) is 2. The number of nitrogens with zero attached hydrogens (tertiary/aromatic N) is 2. The molecule has 1 aliphatic rings. The van der Waals surface area contributed by atoms with Crippen molar-refractivity contribution < 1.29 is 0 Å². The van der Waals surface area contributed by atoms with Gasteiger partial charge in [0, 0.05) is 42.9 Å². The van der Waals surface area contributed by atoms with E-state index in [0.29, 0.717) is 10.0 Å². The molecule has 0 bridgehead atoms. The molecule has 0 unspecified atom stereocenters. The average Bonchev–Trinajstić information content (AvgIpc) is 2.53. The quantitative estimate of drug-likeness (QED) is 0.710. The zero-order valence-electron chi connectivity index (χ0n) is 12.1. The molecule has 1 aliphatic heterocycles. The Bertz CT molecular complexity index is 655. The molecule has 22 heavy (non-hydrogen) atoms.